The minimum atomic E-state index is -0.537. The number of carbonyl (C=O) groups excluding carboxylic acids is 1. The predicted molar refractivity (Wildman–Crippen MR) is 103 cm³/mol. The van der Waals surface area contributed by atoms with Gasteiger partial charge >= 0.3 is 0 Å². The van der Waals surface area contributed by atoms with Crippen LogP contribution in [0.15, 0.2) is 60.7 Å². The number of carbonyl (C=O) groups is 1. The van der Waals surface area contributed by atoms with Crippen molar-refractivity contribution >= 4 is 5.91 Å². The normalized spacial score (nSPS) is 13.9. The molecule has 2 unspecified atom stereocenters. The lowest BCUT2D eigenvalue weighted by Gasteiger charge is -2.31. The van der Waals surface area contributed by atoms with E-state index in [1.807, 2.05) is 48.5 Å². The minimum Gasteiger partial charge on any atom is -0.353 e. The zero-order chi connectivity index (χ0) is 18.3. The van der Waals surface area contributed by atoms with Crippen LogP contribution in [0.5, 0.6) is 0 Å². The van der Waals surface area contributed by atoms with Crippen LogP contribution in [0.4, 0.5) is 0 Å². The van der Waals surface area contributed by atoms with Crippen molar-refractivity contribution in [1.29, 1.82) is 0 Å². The molecule has 1 amide bonds. The molecule has 0 aromatic heterocycles. The van der Waals surface area contributed by atoms with Crippen LogP contribution < -0.4 is 16.4 Å². The molecule has 0 saturated heterocycles. The Bertz CT molecular complexity index is 655. The fourth-order valence-corrected chi connectivity index (χ4v) is 2.86. The Morgan fingerprint density at radius 1 is 1.04 bits per heavy atom. The molecule has 0 aliphatic rings. The summed E-state index contributed by atoms with van der Waals surface area (Å²) in [5.74, 6) is -0.119. The summed E-state index contributed by atoms with van der Waals surface area (Å²) in [5.41, 5.74) is 8.09. The number of amides is 1. The van der Waals surface area contributed by atoms with Crippen molar-refractivity contribution in [3.05, 3.63) is 71.8 Å². The maximum Gasteiger partial charge on any atom is 0.237 e. The molecule has 0 bridgehead atoms. The molecule has 0 radical (unpaired) electrons. The van der Waals surface area contributed by atoms with Crippen LogP contribution in [-0.2, 0) is 11.2 Å². The molecule has 0 spiro atoms. The van der Waals surface area contributed by atoms with Gasteiger partial charge in [-0.25, -0.2) is 0 Å². The Balaban J connectivity index is 1.83. The van der Waals surface area contributed by atoms with Crippen LogP contribution in [0.2, 0.25) is 0 Å². The first-order chi connectivity index (χ1) is 11.9. The van der Waals surface area contributed by atoms with Crippen LogP contribution in [0.25, 0.3) is 0 Å². The maximum atomic E-state index is 12.3. The summed E-state index contributed by atoms with van der Waals surface area (Å²) in [6.45, 7) is 6.80. The van der Waals surface area contributed by atoms with Crippen LogP contribution in [0.3, 0.4) is 0 Å². The van der Waals surface area contributed by atoms with E-state index in [2.05, 4.69) is 43.5 Å². The Morgan fingerprint density at radius 2 is 1.60 bits per heavy atom. The molecule has 0 aliphatic carbocycles. The molecular weight excluding hydrogens is 310 g/mol. The lowest BCUT2D eigenvalue weighted by atomic mass is 10.0. The number of benzene rings is 2. The second-order valence-corrected chi connectivity index (χ2v) is 7.17. The van der Waals surface area contributed by atoms with E-state index in [4.69, 9.17) is 5.73 Å². The van der Waals surface area contributed by atoms with Crippen molar-refractivity contribution in [3.63, 3.8) is 0 Å². The smallest absolute Gasteiger partial charge is 0.237 e. The largest absolute Gasteiger partial charge is 0.353 e. The summed E-state index contributed by atoms with van der Waals surface area (Å²) in [4.78, 5) is 12.3. The first-order valence-electron chi connectivity index (χ1n) is 8.77. The topological polar surface area (TPSA) is 67.1 Å². The average molecular weight is 339 g/mol. The van der Waals surface area contributed by atoms with E-state index in [-0.39, 0.29) is 17.5 Å². The SMILES string of the molecule is CC(NC(C)(C)CNC(=O)C(N)Cc1ccccc1)c1ccccc1. The molecule has 0 heterocycles. The van der Waals surface area contributed by atoms with Gasteiger partial charge in [-0.15, -0.1) is 0 Å². The van der Waals surface area contributed by atoms with E-state index in [0.717, 1.165) is 5.56 Å². The van der Waals surface area contributed by atoms with E-state index in [9.17, 15) is 4.79 Å². The molecule has 0 aliphatic heterocycles. The van der Waals surface area contributed by atoms with E-state index >= 15 is 0 Å². The number of nitrogens with one attached hydrogen (secondary N) is 2. The van der Waals surface area contributed by atoms with Gasteiger partial charge in [-0.3, -0.25) is 4.79 Å². The second-order valence-electron chi connectivity index (χ2n) is 7.17. The van der Waals surface area contributed by atoms with E-state index in [1.54, 1.807) is 0 Å². The molecule has 2 rings (SSSR count). The van der Waals surface area contributed by atoms with Gasteiger partial charge in [0.25, 0.3) is 0 Å². The molecule has 0 fully saturated rings. The van der Waals surface area contributed by atoms with Crippen LogP contribution >= 0.6 is 0 Å². The van der Waals surface area contributed by atoms with Gasteiger partial charge < -0.3 is 16.4 Å². The molecular formula is C21H29N3O. The van der Waals surface area contributed by atoms with Gasteiger partial charge in [-0.05, 0) is 38.3 Å². The predicted octanol–water partition coefficient (Wildman–Crippen LogP) is 2.80. The third-order valence-corrected chi connectivity index (χ3v) is 4.25. The van der Waals surface area contributed by atoms with Crippen molar-refractivity contribution in [3.8, 4) is 0 Å². The Labute approximate surface area is 150 Å². The quantitative estimate of drug-likeness (QED) is 0.693. The van der Waals surface area contributed by atoms with Gasteiger partial charge in [0, 0.05) is 18.1 Å². The van der Waals surface area contributed by atoms with Crippen molar-refractivity contribution in [2.24, 2.45) is 5.73 Å². The van der Waals surface area contributed by atoms with Crippen LogP contribution in [0.1, 0.15) is 37.9 Å². The third kappa shape index (κ3) is 6.33. The zero-order valence-electron chi connectivity index (χ0n) is 15.3. The van der Waals surface area contributed by atoms with Gasteiger partial charge in [0.2, 0.25) is 5.91 Å². The monoisotopic (exact) mass is 339 g/mol. The van der Waals surface area contributed by atoms with Crippen molar-refractivity contribution in [2.45, 2.75) is 44.8 Å². The number of hydrogen-bond donors (Lipinski definition) is 3. The second kappa shape index (κ2) is 8.79. The van der Waals surface area contributed by atoms with Gasteiger partial charge in [0.1, 0.15) is 0 Å². The third-order valence-electron chi connectivity index (χ3n) is 4.25. The lowest BCUT2D eigenvalue weighted by molar-refractivity contribution is -0.122. The summed E-state index contributed by atoms with van der Waals surface area (Å²) in [7, 11) is 0. The lowest BCUT2D eigenvalue weighted by Crippen LogP contribution is -2.52. The summed E-state index contributed by atoms with van der Waals surface area (Å²) in [6.07, 6.45) is 0.543. The molecule has 4 heteroatoms. The summed E-state index contributed by atoms with van der Waals surface area (Å²) < 4.78 is 0. The highest BCUT2D eigenvalue weighted by Crippen LogP contribution is 2.15. The zero-order valence-corrected chi connectivity index (χ0v) is 15.3. The summed E-state index contributed by atoms with van der Waals surface area (Å²) in [5, 5.41) is 6.53. The van der Waals surface area contributed by atoms with Crippen LogP contribution in [-0.4, -0.2) is 24.0 Å². The molecule has 134 valence electrons. The molecule has 25 heavy (non-hydrogen) atoms. The molecule has 2 atom stereocenters. The molecule has 4 N–H and O–H groups in total. The molecule has 2 aromatic rings. The van der Waals surface area contributed by atoms with Gasteiger partial charge in [-0.2, -0.15) is 0 Å². The standard InChI is InChI=1S/C21H29N3O/c1-16(18-12-8-5-9-13-18)24-21(2,3)15-23-20(25)19(22)14-17-10-6-4-7-11-17/h4-13,16,19,24H,14-15,22H2,1-3H3,(H,23,25). The van der Waals surface area contributed by atoms with Crippen molar-refractivity contribution in [1.82, 2.24) is 10.6 Å². The minimum absolute atomic E-state index is 0.119. The van der Waals surface area contributed by atoms with E-state index in [0.29, 0.717) is 13.0 Å². The number of hydrogen-bond acceptors (Lipinski definition) is 3. The fraction of sp³-hybridized carbons (Fsp3) is 0.381. The number of nitrogens with two attached hydrogens (primary N) is 1. The molecule has 4 nitrogen and oxygen atoms in total. The molecule has 0 saturated carbocycles. The number of rotatable bonds is 8. The Morgan fingerprint density at radius 3 is 2.20 bits per heavy atom. The first-order valence-corrected chi connectivity index (χ1v) is 8.77. The van der Waals surface area contributed by atoms with E-state index in [1.165, 1.54) is 5.56 Å². The molecule has 2 aromatic carbocycles. The maximum absolute atomic E-state index is 12.3. The van der Waals surface area contributed by atoms with Gasteiger partial charge in [-0.1, -0.05) is 60.7 Å². The van der Waals surface area contributed by atoms with Gasteiger partial charge in [0.15, 0.2) is 0 Å². The van der Waals surface area contributed by atoms with Crippen LogP contribution in [0, 0.1) is 0 Å². The van der Waals surface area contributed by atoms with Crippen molar-refractivity contribution in [2.75, 3.05) is 6.54 Å². The highest BCUT2D eigenvalue weighted by Gasteiger charge is 2.23. The van der Waals surface area contributed by atoms with Gasteiger partial charge in [0.05, 0.1) is 6.04 Å². The average Bonchev–Trinajstić information content (AvgIpc) is 2.61. The summed E-state index contributed by atoms with van der Waals surface area (Å²) in [6, 6.07) is 19.8. The fourth-order valence-electron chi connectivity index (χ4n) is 2.86. The Kier molecular flexibility index (Phi) is 6.73. The first kappa shape index (κ1) is 19.2. The van der Waals surface area contributed by atoms with Crippen molar-refractivity contribution < 1.29 is 4.79 Å². The highest BCUT2D eigenvalue weighted by molar-refractivity contribution is 5.81. The Hall–Kier alpha value is -2.17. The van der Waals surface area contributed by atoms with E-state index < -0.39 is 6.04 Å². The summed E-state index contributed by atoms with van der Waals surface area (Å²) >= 11 is 0. The highest BCUT2D eigenvalue weighted by atomic mass is 16.2.